The average Bonchev–Trinajstić information content (AvgIpc) is 2.87. The van der Waals surface area contributed by atoms with E-state index in [9.17, 15) is 10.1 Å². The minimum Gasteiger partial charge on any atom is -0.479 e. The van der Waals surface area contributed by atoms with E-state index in [1.165, 1.54) is 29.5 Å². The molecule has 3 rings (SSSR count). The third kappa shape index (κ3) is 2.96. The third-order valence-corrected chi connectivity index (χ3v) is 4.05. The number of halogens is 1. The zero-order valence-electron chi connectivity index (χ0n) is 10.7. The molecule has 0 aliphatic carbocycles. The molecule has 3 aromatic rings. The van der Waals surface area contributed by atoms with Crippen LogP contribution >= 0.6 is 22.9 Å². The normalized spacial score (nSPS) is 10.7. The van der Waals surface area contributed by atoms with Gasteiger partial charge in [-0.2, -0.15) is 0 Å². The van der Waals surface area contributed by atoms with Crippen LogP contribution in [0.4, 0.5) is 5.69 Å². The highest BCUT2D eigenvalue weighted by atomic mass is 35.5. The van der Waals surface area contributed by atoms with Crippen molar-refractivity contribution in [2.75, 3.05) is 0 Å². The summed E-state index contributed by atoms with van der Waals surface area (Å²) in [6, 6.07) is 12.0. The maximum absolute atomic E-state index is 11.0. The maximum atomic E-state index is 11.0. The molecule has 106 valence electrons. The summed E-state index contributed by atoms with van der Waals surface area (Å²) < 4.78 is 6.57. The first-order valence-corrected chi connectivity index (χ1v) is 7.24. The topological polar surface area (TPSA) is 65.3 Å². The molecular formula is C14H9ClN2O3S. The molecule has 0 N–H and O–H groups in total. The van der Waals surface area contributed by atoms with Gasteiger partial charge in [-0.25, -0.2) is 4.98 Å². The van der Waals surface area contributed by atoms with E-state index >= 15 is 0 Å². The fourth-order valence-corrected chi connectivity index (χ4v) is 2.92. The predicted molar refractivity (Wildman–Crippen MR) is 82.1 cm³/mol. The van der Waals surface area contributed by atoms with Gasteiger partial charge in [-0.05, 0) is 18.2 Å². The van der Waals surface area contributed by atoms with E-state index in [1.807, 2.05) is 24.3 Å². The fourth-order valence-electron chi connectivity index (χ4n) is 1.88. The predicted octanol–water partition coefficient (Wildman–Crippen LogP) is 4.44. The summed E-state index contributed by atoms with van der Waals surface area (Å²) >= 11 is 7.35. The number of ether oxygens (including phenoxy) is 1. The minimum absolute atomic E-state index is 0.111. The van der Waals surface area contributed by atoms with Gasteiger partial charge in [-0.3, -0.25) is 10.1 Å². The summed E-state index contributed by atoms with van der Waals surface area (Å²) in [5, 5.41) is 12.1. The summed E-state index contributed by atoms with van der Waals surface area (Å²) in [6.45, 7) is 0.167. The second-order valence-electron chi connectivity index (χ2n) is 4.23. The molecule has 21 heavy (non-hydrogen) atoms. The minimum atomic E-state index is -0.496. The number of benzene rings is 2. The number of para-hydroxylation sites is 1. The van der Waals surface area contributed by atoms with Crippen molar-refractivity contribution in [3.05, 3.63) is 62.6 Å². The summed E-state index contributed by atoms with van der Waals surface area (Å²) in [5.74, 6) is 0.145. The first-order chi connectivity index (χ1) is 10.1. The number of fused-ring (bicyclic) bond motifs is 1. The van der Waals surface area contributed by atoms with Crippen LogP contribution in [0.15, 0.2) is 42.5 Å². The van der Waals surface area contributed by atoms with E-state index < -0.39 is 4.92 Å². The van der Waals surface area contributed by atoms with E-state index in [4.69, 9.17) is 16.3 Å². The Morgan fingerprint density at radius 2 is 2.10 bits per heavy atom. The zero-order chi connectivity index (χ0) is 14.8. The van der Waals surface area contributed by atoms with E-state index in [2.05, 4.69) is 4.98 Å². The van der Waals surface area contributed by atoms with Gasteiger partial charge in [0, 0.05) is 17.2 Å². The highest BCUT2D eigenvalue weighted by Gasteiger charge is 2.16. The monoisotopic (exact) mass is 320 g/mol. The Morgan fingerprint density at radius 1 is 1.29 bits per heavy atom. The lowest BCUT2D eigenvalue weighted by Gasteiger charge is -2.05. The first kappa shape index (κ1) is 13.8. The number of rotatable bonds is 4. The molecule has 7 heteroatoms. The number of aromatic nitrogens is 1. The smallest absolute Gasteiger partial charge is 0.311 e. The Bertz CT molecular complexity index is 786. The van der Waals surface area contributed by atoms with Gasteiger partial charge in [0.15, 0.2) is 5.75 Å². The van der Waals surface area contributed by atoms with Crippen molar-refractivity contribution in [3.63, 3.8) is 0 Å². The molecule has 0 spiro atoms. The first-order valence-electron chi connectivity index (χ1n) is 6.04. The van der Waals surface area contributed by atoms with Gasteiger partial charge in [-0.15, -0.1) is 11.3 Å². The van der Waals surface area contributed by atoms with Crippen LogP contribution in [-0.2, 0) is 6.61 Å². The van der Waals surface area contributed by atoms with Crippen molar-refractivity contribution in [3.8, 4) is 5.75 Å². The van der Waals surface area contributed by atoms with Crippen LogP contribution in [0.25, 0.3) is 10.2 Å². The highest BCUT2D eigenvalue weighted by Crippen LogP contribution is 2.31. The maximum Gasteiger partial charge on any atom is 0.311 e. The van der Waals surface area contributed by atoms with Gasteiger partial charge in [0.25, 0.3) is 0 Å². The van der Waals surface area contributed by atoms with Crippen LogP contribution in [-0.4, -0.2) is 9.91 Å². The second kappa shape index (κ2) is 5.67. The number of nitro groups is 1. The van der Waals surface area contributed by atoms with E-state index in [0.29, 0.717) is 5.02 Å². The molecule has 0 bridgehead atoms. The van der Waals surface area contributed by atoms with Crippen LogP contribution in [0.1, 0.15) is 5.01 Å². The molecule has 0 saturated carbocycles. The number of nitrogens with zero attached hydrogens (tertiary/aromatic N) is 2. The van der Waals surface area contributed by atoms with Gasteiger partial charge in [0.05, 0.1) is 15.1 Å². The van der Waals surface area contributed by atoms with E-state index in [0.717, 1.165) is 15.2 Å². The quantitative estimate of drug-likeness (QED) is 0.526. The second-order valence-corrected chi connectivity index (χ2v) is 5.78. The molecule has 0 aliphatic rings. The van der Waals surface area contributed by atoms with E-state index in [-0.39, 0.29) is 18.0 Å². The van der Waals surface area contributed by atoms with Crippen LogP contribution in [0.3, 0.4) is 0 Å². The molecule has 0 radical (unpaired) electrons. The summed E-state index contributed by atoms with van der Waals surface area (Å²) in [6.07, 6.45) is 0. The number of nitro benzene ring substituents is 1. The van der Waals surface area contributed by atoms with Crippen molar-refractivity contribution >= 4 is 38.8 Å². The molecule has 0 fully saturated rings. The van der Waals surface area contributed by atoms with Crippen molar-refractivity contribution in [2.45, 2.75) is 6.61 Å². The number of hydrogen-bond acceptors (Lipinski definition) is 5. The number of thiazole rings is 1. The third-order valence-electron chi connectivity index (χ3n) is 2.81. The molecule has 0 amide bonds. The fraction of sp³-hybridized carbons (Fsp3) is 0.0714. The largest absolute Gasteiger partial charge is 0.479 e. The molecular weight excluding hydrogens is 312 g/mol. The van der Waals surface area contributed by atoms with Crippen LogP contribution < -0.4 is 4.74 Å². The average molecular weight is 321 g/mol. The van der Waals surface area contributed by atoms with Crippen LogP contribution in [0.2, 0.25) is 5.02 Å². The van der Waals surface area contributed by atoms with Crippen LogP contribution in [0.5, 0.6) is 5.75 Å². The molecule has 1 heterocycles. The standard InChI is InChI=1S/C14H9ClN2O3S/c15-9-5-6-11(17(18)19)12(7-9)20-8-14-16-10-3-1-2-4-13(10)21-14/h1-7H,8H2. The Hall–Kier alpha value is -2.18. The summed E-state index contributed by atoms with van der Waals surface area (Å²) in [4.78, 5) is 14.9. The molecule has 0 saturated heterocycles. The van der Waals surface area contributed by atoms with Gasteiger partial charge in [-0.1, -0.05) is 23.7 Å². The molecule has 0 atom stereocenters. The zero-order valence-corrected chi connectivity index (χ0v) is 12.2. The van der Waals surface area contributed by atoms with Gasteiger partial charge in [0.1, 0.15) is 11.6 Å². The SMILES string of the molecule is O=[N+]([O-])c1ccc(Cl)cc1OCc1nc2ccccc2s1. The molecule has 1 aromatic heterocycles. The van der Waals surface area contributed by atoms with Crippen molar-refractivity contribution in [1.82, 2.24) is 4.98 Å². The number of hydrogen-bond donors (Lipinski definition) is 0. The van der Waals surface area contributed by atoms with Gasteiger partial charge >= 0.3 is 5.69 Å². The lowest BCUT2D eigenvalue weighted by atomic mass is 10.3. The molecule has 2 aromatic carbocycles. The molecule has 0 aliphatic heterocycles. The van der Waals surface area contributed by atoms with Gasteiger partial charge in [0.2, 0.25) is 0 Å². The Kier molecular flexibility index (Phi) is 3.72. The molecule has 5 nitrogen and oxygen atoms in total. The Balaban J connectivity index is 1.84. The van der Waals surface area contributed by atoms with Gasteiger partial charge < -0.3 is 4.74 Å². The van der Waals surface area contributed by atoms with Crippen LogP contribution in [0, 0.1) is 10.1 Å². The Morgan fingerprint density at radius 3 is 2.86 bits per heavy atom. The van der Waals surface area contributed by atoms with E-state index in [1.54, 1.807) is 0 Å². The Labute approximate surface area is 128 Å². The highest BCUT2D eigenvalue weighted by molar-refractivity contribution is 7.18. The lowest BCUT2D eigenvalue weighted by Crippen LogP contribution is -1.98. The summed E-state index contributed by atoms with van der Waals surface area (Å²) in [7, 11) is 0. The van der Waals surface area contributed by atoms with Crippen molar-refractivity contribution in [1.29, 1.82) is 0 Å². The van der Waals surface area contributed by atoms with Crippen molar-refractivity contribution < 1.29 is 9.66 Å². The molecule has 0 unspecified atom stereocenters. The lowest BCUT2D eigenvalue weighted by molar-refractivity contribution is -0.385. The summed E-state index contributed by atoms with van der Waals surface area (Å²) in [5.41, 5.74) is 0.780. The van der Waals surface area contributed by atoms with Crippen molar-refractivity contribution in [2.24, 2.45) is 0 Å².